The first kappa shape index (κ1) is 23.0. The second kappa shape index (κ2) is 9.14. The molecule has 2 aliphatic heterocycles. The van der Waals surface area contributed by atoms with Gasteiger partial charge in [-0.3, -0.25) is 4.79 Å². The number of benzene rings is 3. The zero-order chi connectivity index (χ0) is 24.5. The normalized spacial score (nSPS) is 20.3. The van der Waals surface area contributed by atoms with Crippen LogP contribution in [0.1, 0.15) is 43.9 Å². The van der Waals surface area contributed by atoms with Crippen molar-refractivity contribution >= 4 is 17.7 Å². The third-order valence-electron chi connectivity index (χ3n) is 7.16. The number of para-hydroxylation sites is 1. The predicted molar refractivity (Wildman–Crippen MR) is 140 cm³/mol. The summed E-state index contributed by atoms with van der Waals surface area (Å²) in [6.45, 7) is 8.09. The smallest absolute Gasteiger partial charge is 0.223 e. The van der Waals surface area contributed by atoms with Crippen molar-refractivity contribution < 1.29 is 14.3 Å². The molecule has 2 aliphatic rings. The highest BCUT2D eigenvalue weighted by molar-refractivity contribution is 5.84. The molecule has 0 spiro atoms. The van der Waals surface area contributed by atoms with Crippen LogP contribution in [0.3, 0.4) is 0 Å². The summed E-state index contributed by atoms with van der Waals surface area (Å²) in [6.07, 6.45) is 4.71. The Morgan fingerprint density at radius 1 is 0.971 bits per heavy atom. The highest BCUT2D eigenvalue weighted by Crippen LogP contribution is 2.52. The third-order valence-corrected chi connectivity index (χ3v) is 7.16. The molecule has 1 atom stereocenters. The fraction of sp³-hybridized carbons (Fsp3) is 0.300. The van der Waals surface area contributed by atoms with Crippen molar-refractivity contribution in [1.29, 1.82) is 0 Å². The highest BCUT2D eigenvalue weighted by atomic mass is 16.5. The van der Waals surface area contributed by atoms with E-state index in [-0.39, 0.29) is 11.3 Å². The first-order valence-corrected chi connectivity index (χ1v) is 12.3. The van der Waals surface area contributed by atoms with E-state index in [0.29, 0.717) is 37.7 Å². The van der Waals surface area contributed by atoms with Crippen LogP contribution in [0.25, 0.3) is 6.08 Å². The first-order chi connectivity index (χ1) is 16.9. The van der Waals surface area contributed by atoms with Crippen molar-refractivity contribution in [3.8, 4) is 11.5 Å². The molecule has 1 N–H and O–H groups in total. The predicted octanol–water partition coefficient (Wildman–Crippen LogP) is 5.69. The topological polar surface area (TPSA) is 50.8 Å². The lowest BCUT2D eigenvalue weighted by Crippen LogP contribution is -2.68. The van der Waals surface area contributed by atoms with Gasteiger partial charge in [0, 0.05) is 24.1 Å². The van der Waals surface area contributed by atoms with E-state index in [1.165, 1.54) is 11.3 Å². The van der Waals surface area contributed by atoms with Crippen LogP contribution < -0.4 is 19.7 Å². The van der Waals surface area contributed by atoms with Gasteiger partial charge in [0.1, 0.15) is 12.3 Å². The Labute approximate surface area is 207 Å². The Bertz CT molecular complexity index is 1250. The van der Waals surface area contributed by atoms with Gasteiger partial charge in [-0.05, 0) is 47.9 Å². The minimum atomic E-state index is -0.639. The van der Waals surface area contributed by atoms with Gasteiger partial charge in [0.25, 0.3) is 0 Å². The summed E-state index contributed by atoms with van der Waals surface area (Å²) in [7, 11) is 0. The maximum absolute atomic E-state index is 12.6. The summed E-state index contributed by atoms with van der Waals surface area (Å²) in [5.41, 5.74) is 3.57. The van der Waals surface area contributed by atoms with Crippen molar-refractivity contribution in [3.63, 3.8) is 0 Å². The molecule has 5 heteroatoms. The van der Waals surface area contributed by atoms with Crippen LogP contribution in [-0.4, -0.2) is 24.7 Å². The number of nitrogens with zero attached hydrogens (tertiary/aromatic N) is 1. The zero-order valence-corrected chi connectivity index (χ0v) is 20.6. The fourth-order valence-corrected chi connectivity index (χ4v) is 5.29. The standard InChI is InChI=1S/C30H32N2O3/c1-4-34-27-20-22(14-15-26(27)35-21-23-10-6-5-7-11-23)16-18-30-29(2,3)24-12-8-9-13-25(24)32(30)19-17-28(33)31-30/h5-16,18,20H,4,17,19,21H2,1-3H3,(H,31,33). The summed E-state index contributed by atoms with van der Waals surface area (Å²) < 4.78 is 12.0. The maximum Gasteiger partial charge on any atom is 0.223 e. The number of fused-ring (bicyclic) bond motifs is 3. The molecule has 0 saturated carbocycles. The number of anilines is 1. The van der Waals surface area contributed by atoms with E-state index in [0.717, 1.165) is 11.1 Å². The molecule has 1 fully saturated rings. The molecule has 35 heavy (non-hydrogen) atoms. The maximum atomic E-state index is 12.6. The van der Waals surface area contributed by atoms with E-state index in [1.807, 2.05) is 55.5 Å². The van der Waals surface area contributed by atoms with Gasteiger partial charge in [-0.25, -0.2) is 0 Å². The van der Waals surface area contributed by atoms with E-state index < -0.39 is 5.66 Å². The molecule has 1 unspecified atom stereocenters. The van der Waals surface area contributed by atoms with Crippen molar-refractivity contribution in [2.24, 2.45) is 0 Å². The van der Waals surface area contributed by atoms with Gasteiger partial charge in [-0.1, -0.05) is 74.5 Å². The van der Waals surface area contributed by atoms with Crippen LogP contribution in [0.15, 0.2) is 78.9 Å². The van der Waals surface area contributed by atoms with E-state index in [2.05, 4.69) is 60.5 Å². The molecule has 1 amide bonds. The summed E-state index contributed by atoms with van der Waals surface area (Å²) >= 11 is 0. The molecular weight excluding hydrogens is 436 g/mol. The second-order valence-corrected chi connectivity index (χ2v) is 9.61. The highest BCUT2D eigenvalue weighted by Gasteiger charge is 2.57. The summed E-state index contributed by atoms with van der Waals surface area (Å²) in [5.74, 6) is 1.50. The van der Waals surface area contributed by atoms with Crippen molar-refractivity contribution in [3.05, 3.63) is 95.6 Å². The molecule has 0 aromatic heterocycles. The van der Waals surface area contributed by atoms with Crippen molar-refractivity contribution in [2.75, 3.05) is 18.1 Å². The van der Waals surface area contributed by atoms with E-state index >= 15 is 0 Å². The Hall–Kier alpha value is -3.73. The second-order valence-electron chi connectivity index (χ2n) is 9.61. The number of nitrogens with one attached hydrogen (secondary N) is 1. The van der Waals surface area contributed by atoms with Gasteiger partial charge in [-0.15, -0.1) is 0 Å². The van der Waals surface area contributed by atoms with Gasteiger partial charge in [-0.2, -0.15) is 0 Å². The van der Waals surface area contributed by atoms with Gasteiger partial charge in [0.15, 0.2) is 11.5 Å². The minimum Gasteiger partial charge on any atom is -0.490 e. The minimum absolute atomic E-state index is 0.0754. The Morgan fingerprint density at radius 2 is 1.74 bits per heavy atom. The van der Waals surface area contributed by atoms with Gasteiger partial charge >= 0.3 is 0 Å². The summed E-state index contributed by atoms with van der Waals surface area (Å²) in [6, 6.07) is 24.5. The lowest BCUT2D eigenvalue weighted by molar-refractivity contribution is -0.124. The Kier molecular flexibility index (Phi) is 6.01. The van der Waals surface area contributed by atoms with Crippen LogP contribution in [0.4, 0.5) is 5.69 Å². The average molecular weight is 469 g/mol. The van der Waals surface area contributed by atoms with Crippen LogP contribution in [0.2, 0.25) is 0 Å². The number of hydrogen-bond donors (Lipinski definition) is 1. The number of hydrogen-bond acceptors (Lipinski definition) is 4. The van der Waals surface area contributed by atoms with Crippen LogP contribution in [0, 0.1) is 0 Å². The van der Waals surface area contributed by atoms with Gasteiger partial charge in [0.2, 0.25) is 5.91 Å². The van der Waals surface area contributed by atoms with E-state index in [9.17, 15) is 4.79 Å². The average Bonchev–Trinajstić information content (AvgIpc) is 3.06. The van der Waals surface area contributed by atoms with Gasteiger partial charge in [0.05, 0.1) is 6.61 Å². The number of rotatable bonds is 7. The van der Waals surface area contributed by atoms with E-state index in [1.54, 1.807) is 0 Å². The largest absolute Gasteiger partial charge is 0.490 e. The summed E-state index contributed by atoms with van der Waals surface area (Å²) in [5, 5.41) is 3.33. The fourth-order valence-electron chi connectivity index (χ4n) is 5.29. The van der Waals surface area contributed by atoms with Gasteiger partial charge < -0.3 is 19.7 Å². The summed E-state index contributed by atoms with van der Waals surface area (Å²) in [4.78, 5) is 15.0. The molecule has 180 valence electrons. The zero-order valence-electron chi connectivity index (χ0n) is 20.6. The molecule has 0 bridgehead atoms. The molecular formula is C30H32N2O3. The third kappa shape index (κ3) is 4.05. The molecule has 3 aromatic rings. The molecule has 5 nitrogen and oxygen atoms in total. The monoisotopic (exact) mass is 468 g/mol. The lowest BCUT2D eigenvalue weighted by atomic mass is 9.74. The van der Waals surface area contributed by atoms with Crippen LogP contribution >= 0.6 is 0 Å². The molecule has 2 heterocycles. The van der Waals surface area contributed by atoms with Crippen LogP contribution in [0.5, 0.6) is 11.5 Å². The molecule has 5 rings (SSSR count). The quantitative estimate of drug-likeness (QED) is 0.484. The first-order valence-electron chi connectivity index (χ1n) is 12.3. The Balaban J connectivity index is 1.46. The molecule has 0 radical (unpaired) electrons. The SMILES string of the molecule is CCOc1cc(C=CC23NC(=O)CCN2c2ccccc2C3(C)C)ccc1OCc1ccccc1. The Morgan fingerprint density at radius 3 is 2.54 bits per heavy atom. The number of carbonyl (C=O) groups is 1. The number of ether oxygens (including phenoxy) is 2. The van der Waals surface area contributed by atoms with Crippen LogP contribution in [-0.2, 0) is 16.8 Å². The molecule has 3 aromatic carbocycles. The van der Waals surface area contributed by atoms with E-state index in [4.69, 9.17) is 9.47 Å². The van der Waals surface area contributed by atoms with Crippen molar-refractivity contribution in [2.45, 2.75) is 44.9 Å². The van der Waals surface area contributed by atoms with Crippen molar-refractivity contribution in [1.82, 2.24) is 5.32 Å². The molecule has 0 aliphatic carbocycles. The lowest BCUT2D eigenvalue weighted by Gasteiger charge is -2.49. The number of amides is 1. The molecule has 1 saturated heterocycles. The number of carbonyl (C=O) groups excluding carboxylic acids is 1.